The van der Waals surface area contributed by atoms with Gasteiger partial charge in [-0.3, -0.25) is 0 Å². The highest BCUT2D eigenvalue weighted by Crippen LogP contribution is 2.24. The Morgan fingerprint density at radius 3 is 3.38 bits per heavy atom. The molecular formula is C11H14N4S. The molecule has 0 amide bonds. The van der Waals surface area contributed by atoms with Crippen LogP contribution in [0.25, 0.3) is 11.2 Å². The van der Waals surface area contributed by atoms with Gasteiger partial charge in [0, 0.05) is 12.7 Å². The van der Waals surface area contributed by atoms with Crippen LogP contribution in [0.15, 0.2) is 18.3 Å². The molecule has 1 fully saturated rings. The van der Waals surface area contributed by atoms with Crippen LogP contribution in [0, 0.1) is 5.92 Å². The lowest BCUT2D eigenvalue weighted by Crippen LogP contribution is -2.18. The summed E-state index contributed by atoms with van der Waals surface area (Å²) in [5, 5.41) is 8.31. The molecule has 84 valence electrons. The van der Waals surface area contributed by atoms with Crippen molar-refractivity contribution in [2.24, 2.45) is 5.92 Å². The van der Waals surface area contributed by atoms with E-state index < -0.39 is 0 Å². The van der Waals surface area contributed by atoms with E-state index in [4.69, 9.17) is 0 Å². The summed E-state index contributed by atoms with van der Waals surface area (Å²) in [6, 6.07) is 3.86. The zero-order valence-corrected chi connectivity index (χ0v) is 9.86. The van der Waals surface area contributed by atoms with E-state index in [-0.39, 0.29) is 0 Å². The minimum Gasteiger partial charge on any atom is -0.235 e. The second kappa shape index (κ2) is 4.41. The van der Waals surface area contributed by atoms with Crippen molar-refractivity contribution < 1.29 is 0 Å². The normalized spacial score (nSPS) is 21.4. The van der Waals surface area contributed by atoms with E-state index in [0.29, 0.717) is 0 Å². The Hall–Kier alpha value is -1.10. The summed E-state index contributed by atoms with van der Waals surface area (Å²) in [6.07, 6.45) is 4.44. The molecule has 1 atom stereocenters. The number of nitrogens with zero attached hydrogens (tertiary/aromatic N) is 4. The van der Waals surface area contributed by atoms with Crippen LogP contribution in [-0.4, -0.2) is 31.5 Å². The number of hydrogen-bond acceptors (Lipinski definition) is 4. The average Bonchev–Trinajstić information content (AvgIpc) is 2.74. The fraction of sp³-hybridized carbons (Fsp3) is 0.545. The van der Waals surface area contributed by atoms with Gasteiger partial charge in [0.15, 0.2) is 5.65 Å². The van der Waals surface area contributed by atoms with Crippen LogP contribution < -0.4 is 0 Å². The minimum absolute atomic E-state index is 0.727. The Kier molecular flexibility index (Phi) is 2.78. The minimum atomic E-state index is 0.727. The van der Waals surface area contributed by atoms with Gasteiger partial charge in [-0.25, -0.2) is 9.67 Å². The molecule has 0 bridgehead atoms. The molecule has 5 heteroatoms. The van der Waals surface area contributed by atoms with Crippen LogP contribution in [0.1, 0.15) is 12.8 Å². The van der Waals surface area contributed by atoms with Crippen LogP contribution in [0.5, 0.6) is 0 Å². The zero-order chi connectivity index (χ0) is 10.8. The van der Waals surface area contributed by atoms with Crippen molar-refractivity contribution in [3.05, 3.63) is 18.3 Å². The van der Waals surface area contributed by atoms with E-state index >= 15 is 0 Å². The predicted octanol–water partition coefficient (Wildman–Crippen LogP) is 1.97. The molecule has 2 aromatic heterocycles. The summed E-state index contributed by atoms with van der Waals surface area (Å²) in [5.74, 6) is 3.28. The highest BCUT2D eigenvalue weighted by Gasteiger charge is 2.16. The third-order valence-corrected chi connectivity index (χ3v) is 4.24. The van der Waals surface area contributed by atoms with E-state index in [9.17, 15) is 0 Å². The number of rotatable bonds is 2. The maximum absolute atomic E-state index is 4.34. The molecule has 0 aromatic carbocycles. The molecular weight excluding hydrogens is 220 g/mol. The van der Waals surface area contributed by atoms with Gasteiger partial charge in [0.05, 0.1) is 0 Å². The fourth-order valence-electron chi connectivity index (χ4n) is 2.13. The van der Waals surface area contributed by atoms with E-state index in [1.165, 1.54) is 24.3 Å². The van der Waals surface area contributed by atoms with Gasteiger partial charge in [-0.2, -0.15) is 11.8 Å². The standard InChI is InChI=1S/C11H14N4S/c1-4-10-11(12-5-1)15(14-13-10)7-9-3-2-6-16-8-9/h1,4-5,9H,2-3,6-8H2. The lowest BCUT2D eigenvalue weighted by atomic mass is 10.1. The molecule has 4 nitrogen and oxygen atoms in total. The molecule has 1 aliphatic heterocycles. The number of hydrogen-bond donors (Lipinski definition) is 0. The van der Waals surface area contributed by atoms with E-state index in [2.05, 4.69) is 15.3 Å². The monoisotopic (exact) mass is 234 g/mol. The summed E-state index contributed by atoms with van der Waals surface area (Å²) in [7, 11) is 0. The smallest absolute Gasteiger partial charge is 0.178 e. The largest absolute Gasteiger partial charge is 0.235 e. The summed E-state index contributed by atoms with van der Waals surface area (Å²) in [4.78, 5) is 4.34. The topological polar surface area (TPSA) is 43.6 Å². The molecule has 3 rings (SSSR count). The molecule has 0 spiro atoms. The summed E-state index contributed by atoms with van der Waals surface area (Å²) >= 11 is 2.05. The average molecular weight is 234 g/mol. The molecule has 0 aliphatic carbocycles. The molecule has 1 aliphatic rings. The third kappa shape index (κ3) is 1.91. The van der Waals surface area contributed by atoms with E-state index in [0.717, 1.165) is 23.6 Å². The van der Waals surface area contributed by atoms with Gasteiger partial charge in [-0.1, -0.05) is 5.21 Å². The van der Waals surface area contributed by atoms with Gasteiger partial charge in [0.25, 0.3) is 0 Å². The van der Waals surface area contributed by atoms with Gasteiger partial charge in [-0.15, -0.1) is 5.10 Å². The number of fused-ring (bicyclic) bond motifs is 1. The van der Waals surface area contributed by atoms with E-state index in [1.54, 1.807) is 6.20 Å². The van der Waals surface area contributed by atoms with Crippen LogP contribution in [0.4, 0.5) is 0 Å². The Labute approximate surface area is 98.4 Å². The molecule has 16 heavy (non-hydrogen) atoms. The lowest BCUT2D eigenvalue weighted by molar-refractivity contribution is 0.420. The number of pyridine rings is 1. The Balaban J connectivity index is 1.83. The maximum Gasteiger partial charge on any atom is 0.178 e. The van der Waals surface area contributed by atoms with Crippen LogP contribution in [-0.2, 0) is 6.54 Å². The fourth-order valence-corrected chi connectivity index (χ4v) is 3.27. The van der Waals surface area contributed by atoms with Crippen molar-refractivity contribution >= 4 is 22.9 Å². The SMILES string of the molecule is c1cnc2c(c1)nnn2CC1CCCSC1. The van der Waals surface area contributed by atoms with Crippen molar-refractivity contribution in [2.75, 3.05) is 11.5 Å². The van der Waals surface area contributed by atoms with E-state index in [1.807, 2.05) is 28.6 Å². The first kappa shape index (κ1) is 10.1. The number of thioether (sulfide) groups is 1. The molecule has 1 unspecified atom stereocenters. The quantitative estimate of drug-likeness (QED) is 0.797. The number of aromatic nitrogens is 4. The van der Waals surface area contributed by atoms with Crippen molar-refractivity contribution in [1.29, 1.82) is 0 Å². The van der Waals surface area contributed by atoms with Crippen LogP contribution >= 0.6 is 11.8 Å². The van der Waals surface area contributed by atoms with Crippen molar-refractivity contribution in [3.63, 3.8) is 0 Å². The maximum atomic E-state index is 4.34. The van der Waals surface area contributed by atoms with Gasteiger partial charge < -0.3 is 0 Å². The summed E-state index contributed by atoms with van der Waals surface area (Å²) in [6.45, 7) is 0.959. The highest BCUT2D eigenvalue weighted by molar-refractivity contribution is 7.99. The molecule has 0 N–H and O–H groups in total. The van der Waals surface area contributed by atoms with Crippen molar-refractivity contribution in [3.8, 4) is 0 Å². The first-order chi connectivity index (χ1) is 7.93. The molecule has 0 saturated carbocycles. The predicted molar refractivity (Wildman–Crippen MR) is 65.4 cm³/mol. The Morgan fingerprint density at radius 1 is 1.50 bits per heavy atom. The first-order valence-corrected chi connectivity index (χ1v) is 6.81. The first-order valence-electron chi connectivity index (χ1n) is 5.65. The Bertz CT molecular complexity index is 476. The molecule has 1 saturated heterocycles. The van der Waals surface area contributed by atoms with Crippen LogP contribution in [0.3, 0.4) is 0 Å². The van der Waals surface area contributed by atoms with Crippen molar-refractivity contribution in [2.45, 2.75) is 19.4 Å². The van der Waals surface area contributed by atoms with Gasteiger partial charge in [-0.05, 0) is 42.4 Å². The van der Waals surface area contributed by atoms with Gasteiger partial charge in [0.2, 0.25) is 0 Å². The lowest BCUT2D eigenvalue weighted by Gasteiger charge is -2.20. The summed E-state index contributed by atoms with van der Waals surface area (Å²) in [5.41, 5.74) is 1.81. The highest BCUT2D eigenvalue weighted by atomic mass is 32.2. The van der Waals surface area contributed by atoms with Gasteiger partial charge >= 0.3 is 0 Å². The third-order valence-electron chi connectivity index (χ3n) is 2.96. The second-order valence-corrected chi connectivity index (χ2v) is 5.35. The zero-order valence-electron chi connectivity index (χ0n) is 9.04. The molecule has 2 aromatic rings. The van der Waals surface area contributed by atoms with Crippen LogP contribution in [0.2, 0.25) is 0 Å². The molecule has 0 radical (unpaired) electrons. The summed E-state index contributed by atoms with van der Waals surface area (Å²) < 4.78 is 1.95. The van der Waals surface area contributed by atoms with Crippen molar-refractivity contribution in [1.82, 2.24) is 20.0 Å². The second-order valence-electron chi connectivity index (χ2n) is 4.20. The molecule has 3 heterocycles. The van der Waals surface area contributed by atoms with Gasteiger partial charge in [0.1, 0.15) is 5.52 Å². The Morgan fingerprint density at radius 2 is 2.50 bits per heavy atom.